The highest BCUT2D eigenvalue weighted by Gasteiger charge is 2.27. The van der Waals surface area contributed by atoms with Crippen molar-refractivity contribution in [3.63, 3.8) is 0 Å². The van der Waals surface area contributed by atoms with Crippen LogP contribution in [0.4, 0.5) is 0 Å². The normalized spacial score (nSPS) is 11.1. The minimum Gasteiger partial charge on any atom is -0.228 e. The Labute approximate surface area is 66.9 Å². The molecule has 3 nitrogen and oxygen atoms in total. The Morgan fingerprint density at radius 1 is 1.36 bits per heavy atom. The van der Waals surface area contributed by atoms with Gasteiger partial charge in [0.15, 0.2) is 15.9 Å². The lowest BCUT2D eigenvalue weighted by Crippen LogP contribution is -2.28. The molecule has 0 spiro atoms. The SMILES string of the molecule is CC(C)(C#CC#N)S(C)(=O)=O. The first-order valence-corrected chi connectivity index (χ1v) is 4.81. The van der Waals surface area contributed by atoms with Crippen LogP contribution in [0.5, 0.6) is 0 Å². The second-order valence-electron chi connectivity index (χ2n) is 2.64. The van der Waals surface area contributed by atoms with Crippen LogP contribution in [0, 0.1) is 23.2 Å². The summed E-state index contributed by atoms with van der Waals surface area (Å²) in [6.07, 6.45) is 1.10. The molecule has 0 aromatic rings. The Morgan fingerprint density at radius 2 is 1.82 bits per heavy atom. The van der Waals surface area contributed by atoms with Gasteiger partial charge in [-0.15, -0.1) is 0 Å². The van der Waals surface area contributed by atoms with E-state index in [1.165, 1.54) is 13.8 Å². The molecule has 0 radical (unpaired) electrons. The second kappa shape index (κ2) is 2.94. The molecule has 0 bridgehead atoms. The largest absolute Gasteiger partial charge is 0.228 e. The van der Waals surface area contributed by atoms with Crippen LogP contribution < -0.4 is 0 Å². The van der Waals surface area contributed by atoms with Crippen LogP contribution in [-0.4, -0.2) is 19.4 Å². The molecular weight excluding hydrogens is 162 g/mol. The minimum absolute atomic E-state index is 1.10. The summed E-state index contributed by atoms with van der Waals surface area (Å²) in [5.41, 5.74) is 0. The van der Waals surface area contributed by atoms with E-state index in [2.05, 4.69) is 11.8 Å². The molecule has 0 aromatic heterocycles. The highest BCUT2D eigenvalue weighted by atomic mass is 32.2. The Kier molecular flexibility index (Phi) is 2.67. The standard InChI is InChI=1S/C7H9NO2S/c1-7(2,5-4-6-8)11(3,9)10/h1-3H3. The zero-order valence-corrected chi connectivity index (χ0v) is 7.49. The molecule has 0 unspecified atom stereocenters. The highest BCUT2D eigenvalue weighted by Crippen LogP contribution is 2.12. The van der Waals surface area contributed by atoms with Gasteiger partial charge >= 0.3 is 0 Å². The fraction of sp³-hybridized carbons (Fsp3) is 0.571. The molecule has 0 saturated heterocycles. The smallest absolute Gasteiger partial charge is 0.163 e. The van der Waals surface area contributed by atoms with E-state index >= 15 is 0 Å². The van der Waals surface area contributed by atoms with E-state index in [0.29, 0.717) is 0 Å². The summed E-state index contributed by atoms with van der Waals surface area (Å²) < 4.78 is 20.8. The van der Waals surface area contributed by atoms with Crippen molar-refractivity contribution in [2.75, 3.05) is 6.26 Å². The molecule has 0 heterocycles. The van der Waals surface area contributed by atoms with E-state index in [-0.39, 0.29) is 0 Å². The summed E-state index contributed by atoms with van der Waals surface area (Å²) in [4.78, 5) is 0. The summed E-state index contributed by atoms with van der Waals surface area (Å²) in [6.45, 7) is 2.93. The molecule has 0 saturated carbocycles. The zero-order valence-electron chi connectivity index (χ0n) is 6.67. The quantitative estimate of drug-likeness (QED) is 0.534. The molecule has 0 aromatic carbocycles. The molecule has 0 aliphatic carbocycles. The predicted molar refractivity (Wildman–Crippen MR) is 42.3 cm³/mol. The van der Waals surface area contributed by atoms with Crippen molar-refractivity contribution < 1.29 is 8.42 Å². The molecule has 0 N–H and O–H groups in total. The fourth-order valence-corrected chi connectivity index (χ4v) is 0.508. The number of hydrogen-bond acceptors (Lipinski definition) is 3. The van der Waals surface area contributed by atoms with Crippen molar-refractivity contribution in [2.24, 2.45) is 0 Å². The lowest BCUT2D eigenvalue weighted by Gasteiger charge is -2.13. The van der Waals surface area contributed by atoms with Gasteiger partial charge in [0.25, 0.3) is 0 Å². The lowest BCUT2D eigenvalue weighted by molar-refractivity contribution is 0.581. The number of sulfone groups is 1. The van der Waals surface area contributed by atoms with Crippen molar-refractivity contribution in [1.82, 2.24) is 0 Å². The van der Waals surface area contributed by atoms with Gasteiger partial charge < -0.3 is 0 Å². The van der Waals surface area contributed by atoms with E-state index in [4.69, 9.17) is 5.26 Å². The molecule has 0 fully saturated rings. The molecule has 60 valence electrons. The van der Waals surface area contributed by atoms with Gasteiger partial charge in [-0.3, -0.25) is 0 Å². The van der Waals surface area contributed by atoms with E-state index in [9.17, 15) is 8.42 Å². The zero-order chi connectivity index (χ0) is 9.12. The third-order valence-corrected chi connectivity index (χ3v) is 3.30. The van der Waals surface area contributed by atoms with Crippen LogP contribution in [-0.2, 0) is 9.84 Å². The summed E-state index contributed by atoms with van der Waals surface area (Å²) in [5, 5.41) is 8.08. The number of rotatable bonds is 1. The Bertz CT molecular complexity index is 335. The first kappa shape index (κ1) is 10.0. The van der Waals surface area contributed by atoms with Crippen LogP contribution in [0.15, 0.2) is 0 Å². The fourth-order valence-electron chi connectivity index (χ4n) is 0.271. The topological polar surface area (TPSA) is 57.9 Å². The van der Waals surface area contributed by atoms with E-state index in [1.807, 2.05) is 0 Å². The Hall–Kier alpha value is -1.00. The monoisotopic (exact) mass is 171 g/mol. The molecule has 0 aliphatic heterocycles. The van der Waals surface area contributed by atoms with Crippen molar-refractivity contribution in [3.8, 4) is 17.9 Å². The van der Waals surface area contributed by atoms with Crippen LogP contribution in [0.2, 0.25) is 0 Å². The molecule has 4 heteroatoms. The van der Waals surface area contributed by atoms with Gasteiger partial charge in [0.2, 0.25) is 0 Å². The maximum Gasteiger partial charge on any atom is 0.163 e. The van der Waals surface area contributed by atoms with Gasteiger partial charge in [0.05, 0.1) is 0 Å². The van der Waals surface area contributed by atoms with Crippen molar-refractivity contribution in [3.05, 3.63) is 0 Å². The second-order valence-corrected chi connectivity index (χ2v) is 5.21. The minimum atomic E-state index is -3.20. The maximum absolute atomic E-state index is 10.9. The Balaban J connectivity index is 4.96. The van der Waals surface area contributed by atoms with Crippen molar-refractivity contribution in [1.29, 1.82) is 5.26 Å². The first-order chi connectivity index (χ1) is 4.81. The third-order valence-electron chi connectivity index (χ3n) is 1.35. The maximum atomic E-state index is 10.9. The van der Waals surface area contributed by atoms with Crippen LogP contribution in [0.25, 0.3) is 0 Å². The van der Waals surface area contributed by atoms with Crippen LogP contribution >= 0.6 is 0 Å². The average molecular weight is 171 g/mol. The molecule has 0 atom stereocenters. The molecule has 0 amide bonds. The predicted octanol–water partition coefficient (Wildman–Crippen LogP) is 0.337. The van der Waals surface area contributed by atoms with Gasteiger partial charge in [0, 0.05) is 12.2 Å². The van der Waals surface area contributed by atoms with Gasteiger partial charge in [0.1, 0.15) is 4.75 Å². The van der Waals surface area contributed by atoms with E-state index in [0.717, 1.165) is 6.26 Å². The highest BCUT2D eigenvalue weighted by molar-refractivity contribution is 7.92. The lowest BCUT2D eigenvalue weighted by atomic mass is 10.2. The molecule has 11 heavy (non-hydrogen) atoms. The molecular formula is C7H9NO2S. The van der Waals surface area contributed by atoms with Crippen LogP contribution in [0.3, 0.4) is 0 Å². The van der Waals surface area contributed by atoms with Crippen molar-refractivity contribution in [2.45, 2.75) is 18.6 Å². The third kappa shape index (κ3) is 2.61. The summed E-state index contributed by atoms with van der Waals surface area (Å²) in [5.74, 6) is 4.42. The molecule has 0 rings (SSSR count). The van der Waals surface area contributed by atoms with Gasteiger partial charge in [-0.1, -0.05) is 5.92 Å². The average Bonchev–Trinajstić information content (AvgIpc) is 1.81. The van der Waals surface area contributed by atoms with Gasteiger partial charge in [-0.05, 0) is 13.8 Å². The van der Waals surface area contributed by atoms with Crippen molar-refractivity contribution >= 4 is 9.84 Å². The molecule has 0 aliphatic rings. The van der Waals surface area contributed by atoms with Crippen LogP contribution in [0.1, 0.15) is 13.8 Å². The summed E-state index contributed by atoms with van der Waals surface area (Å²) in [6, 6.07) is 1.57. The number of hydrogen-bond donors (Lipinski definition) is 0. The first-order valence-electron chi connectivity index (χ1n) is 2.92. The summed E-state index contributed by atoms with van der Waals surface area (Å²) in [7, 11) is -3.20. The Morgan fingerprint density at radius 3 is 2.09 bits per heavy atom. The number of nitrogens with zero attached hydrogens (tertiary/aromatic N) is 1. The van der Waals surface area contributed by atoms with E-state index in [1.54, 1.807) is 6.07 Å². The number of nitriles is 1. The van der Waals surface area contributed by atoms with E-state index < -0.39 is 14.6 Å². The van der Waals surface area contributed by atoms with Gasteiger partial charge in [-0.2, -0.15) is 5.26 Å². The van der Waals surface area contributed by atoms with Gasteiger partial charge in [-0.25, -0.2) is 8.42 Å². The summed E-state index contributed by atoms with van der Waals surface area (Å²) >= 11 is 0.